The Labute approximate surface area is 84.7 Å². The minimum atomic E-state index is -4.45. The van der Waals surface area contributed by atoms with Crippen LogP contribution in [-0.4, -0.2) is 33.3 Å². The molecule has 0 bridgehead atoms. The van der Waals surface area contributed by atoms with E-state index in [4.69, 9.17) is 0 Å². The first kappa shape index (κ1) is 10.4. The summed E-state index contributed by atoms with van der Waals surface area (Å²) in [6, 6.07) is 0. The molecule has 0 saturated carbocycles. The highest BCUT2D eigenvalue weighted by Gasteiger charge is 2.37. The highest BCUT2D eigenvalue weighted by Crippen LogP contribution is 2.26. The molecule has 0 atom stereocenters. The topological polar surface area (TPSA) is 34.0 Å². The third-order valence-corrected chi connectivity index (χ3v) is 2.32. The summed E-state index contributed by atoms with van der Waals surface area (Å²) in [5, 5.41) is 3.47. The molecule has 1 aromatic heterocycles. The molecule has 2 heterocycles. The SMILES string of the molecule is CN1CCCn2nc(C(F)(F)F)nc2C1. The van der Waals surface area contributed by atoms with Crippen molar-refractivity contribution in [2.75, 3.05) is 13.6 Å². The maximum Gasteiger partial charge on any atom is 0.453 e. The Morgan fingerprint density at radius 3 is 2.67 bits per heavy atom. The molecular weight excluding hydrogens is 209 g/mol. The van der Waals surface area contributed by atoms with Crippen LogP contribution in [0.25, 0.3) is 0 Å². The number of alkyl halides is 3. The smallest absolute Gasteiger partial charge is 0.299 e. The van der Waals surface area contributed by atoms with Gasteiger partial charge in [-0.15, -0.1) is 5.10 Å². The number of rotatable bonds is 0. The Bertz CT molecular complexity index is 357. The summed E-state index contributed by atoms with van der Waals surface area (Å²) in [5.41, 5.74) is 0. The van der Waals surface area contributed by atoms with Gasteiger partial charge in [0.2, 0.25) is 0 Å². The second kappa shape index (κ2) is 3.48. The molecule has 0 unspecified atom stereocenters. The van der Waals surface area contributed by atoms with E-state index in [1.807, 2.05) is 11.9 Å². The van der Waals surface area contributed by atoms with Gasteiger partial charge in [0.25, 0.3) is 5.82 Å². The molecule has 0 saturated heterocycles. The summed E-state index contributed by atoms with van der Waals surface area (Å²) >= 11 is 0. The van der Waals surface area contributed by atoms with Crippen molar-refractivity contribution in [3.63, 3.8) is 0 Å². The Morgan fingerprint density at radius 1 is 1.27 bits per heavy atom. The normalized spacial score (nSPS) is 18.7. The van der Waals surface area contributed by atoms with E-state index in [-0.39, 0.29) is 0 Å². The van der Waals surface area contributed by atoms with E-state index in [2.05, 4.69) is 10.1 Å². The van der Waals surface area contributed by atoms with Crippen LogP contribution in [0, 0.1) is 0 Å². The third kappa shape index (κ3) is 2.11. The molecule has 1 aliphatic heterocycles. The van der Waals surface area contributed by atoms with Gasteiger partial charge in [-0.25, -0.2) is 9.67 Å². The van der Waals surface area contributed by atoms with Crippen LogP contribution in [0.1, 0.15) is 18.1 Å². The van der Waals surface area contributed by atoms with E-state index in [0.717, 1.165) is 13.0 Å². The maximum atomic E-state index is 12.3. The van der Waals surface area contributed by atoms with Gasteiger partial charge in [0.1, 0.15) is 5.82 Å². The Balaban J connectivity index is 2.31. The van der Waals surface area contributed by atoms with Crippen molar-refractivity contribution in [1.29, 1.82) is 0 Å². The molecule has 0 aromatic carbocycles. The second-order valence-electron chi connectivity index (χ2n) is 3.66. The minimum absolute atomic E-state index is 0.391. The van der Waals surface area contributed by atoms with E-state index in [1.165, 1.54) is 4.68 Å². The van der Waals surface area contributed by atoms with Crippen LogP contribution in [0.2, 0.25) is 0 Å². The maximum absolute atomic E-state index is 12.3. The molecule has 1 aliphatic rings. The Hall–Kier alpha value is -1.11. The van der Waals surface area contributed by atoms with Gasteiger partial charge in [-0.2, -0.15) is 13.2 Å². The highest BCUT2D eigenvalue weighted by atomic mass is 19.4. The molecule has 0 radical (unpaired) electrons. The molecule has 0 N–H and O–H groups in total. The molecule has 15 heavy (non-hydrogen) atoms. The zero-order valence-corrected chi connectivity index (χ0v) is 8.25. The summed E-state index contributed by atoms with van der Waals surface area (Å²) in [6.07, 6.45) is -3.65. The molecule has 0 aliphatic carbocycles. The van der Waals surface area contributed by atoms with Crippen molar-refractivity contribution in [3.8, 4) is 0 Å². The molecule has 84 valence electrons. The third-order valence-electron chi connectivity index (χ3n) is 2.32. The van der Waals surface area contributed by atoms with Crippen molar-refractivity contribution >= 4 is 0 Å². The predicted molar refractivity (Wildman–Crippen MR) is 46.0 cm³/mol. The second-order valence-corrected chi connectivity index (χ2v) is 3.66. The predicted octanol–water partition coefficient (Wildman–Crippen LogP) is 1.13. The fourth-order valence-electron chi connectivity index (χ4n) is 1.60. The number of nitrogens with zero attached hydrogens (tertiary/aromatic N) is 4. The number of halogens is 3. The zero-order chi connectivity index (χ0) is 11.1. The monoisotopic (exact) mass is 220 g/mol. The Morgan fingerprint density at radius 2 is 2.00 bits per heavy atom. The number of fused-ring (bicyclic) bond motifs is 1. The van der Waals surface area contributed by atoms with E-state index >= 15 is 0 Å². The van der Waals surface area contributed by atoms with Crippen LogP contribution in [0.3, 0.4) is 0 Å². The minimum Gasteiger partial charge on any atom is -0.299 e. The van der Waals surface area contributed by atoms with Crippen molar-refractivity contribution in [1.82, 2.24) is 19.7 Å². The zero-order valence-electron chi connectivity index (χ0n) is 8.25. The lowest BCUT2D eigenvalue weighted by atomic mass is 10.4. The first-order valence-corrected chi connectivity index (χ1v) is 4.66. The van der Waals surface area contributed by atoms with Crippen LogP contribution in [0.15, 0.2) is 0 Å². The lowest BCUT2D eigenvalue weighted by molar-refractivity contribution is -0.145. The fraction of sp³-hybridized carbons (Fsp3) is 0.750. The summed E-state index contributed by atoms with van der Waals surface area (Å²) in [6.45, 7) is 1.78. The summed E-state index contributed by atoms with van der Waals surface area (Å²) in [5.74, 6) is -0.643. The number of aromatic nitrogens is 3. The quantitative estimate of drug-likeness (QED) is 0.657. The molecule has 1 aromatic rings. The van der Waals surface area contributed by atoms with E-state index in [9.17, 15) is 13.2 Å². The lowest BCUT2D eigenvalue weighted by Gasteiger charge is -2.10. The molecule has 0 spiro atoms. The van der Waals surface area contributed by atoms with Crippen molar-refractivity contribution < 1.29 is 13.2 Å². The highest BCUT2D eigenvalue weighted by molar-refractivity contribution is 4.97. The van der Waals surface area contributed by atoms with Crippen LogP contribution in [0.5, 0.6) is 0 Å². The van der Waals surface area contributed by atoms with Crippen molar-refractivity contribution in [2.45, 2.75) is 25.7 Å². The van der Waals surface area contributed by atoms with Crippen LogP contribution < -0.4 is 0 Å². The van der Waals surface area contributed by atoms with Crippen LogP contribution in [-0.2, 0) is 19.3 Å². The van der Waals surface area contributed by atoms with Gasteiger partial charge in [0, 0.05) is 13.1 Å². The van der Waals surface area contributed by atoms with Gasteiger partial charge in [0.15, 0.2) is 0 Å². The molecule has 4 nitrogen and oxygen atoms in total. The van der Waals surface area contributed by atoms with Crippen molar-refractivity contribution in [3.05, 3.63) is 11.6 Å². The number of aryl methyl sites for hydroxylation is 1. The van der Waals surface area contributed by atoms with Crippen LogP contribution >= 0.6 is 0 Å². The lowest BCUT2D eigenvalue weighted by Crippen LogP contribution is -2.18. The van der Waals surface area contributed by atoms with Gasteiger partial charge in [-0.1, -0.05) is 0 Å². The average molecular weight is 220 g/mol. The summed E-state index contributed by atoms with van der Waals surface area (Å²) in [4.78, 5) is 5.46. The van der Waals surface area contributed by atoms with Crippen molar-refractivity contribution in [2.24, 2.45) is 0 Å². The Kier molecular flexibility index (Phi) is 2.41. The molecule has 7 heteroatoms. The van der Waals surface area contributed by atoms with Gasteiger partial charge in [0.05, 0.1) is 6.54 Å². The van der Waals surface area contributed by atoms with Gasteiger partial charge < -0.3 is 0 Å². The van der Waals surface area contributed by atoms with Gasteiger partial charge in [-0.05, 0) is 13.5 Å². The van der Waals surface area contributed by atoms with E-state index in [1.54, 1.807) is 0 Å². The van der Waals surface area contributed by atoms with Gasteiger partial charge in [-0.3, -0.25) is 4.90 Å². The van der Waals surface area contributed by atoms with Crippen LogP contribution in [0.4, 0.5) is 13.2 Å². The van der Waals surface area contributed by atoms with E-state index in [0.29, 0.717) is 18.9 Å². The van der Waals surface area contributed by atoms with E-state index < -0.39 is 12.0 Å². The standard InChI is InChI=1S/C8H11F3N4/c1-14-3-2-4-15-6(5-14)12-7(13-15)8(9,10)11/h2-5H2,1H3. The molecular formula is C8H11F3N4. The first-order chi connectivity index (χ1) is 6.97. The molecule has 0 fully saturated rings. The first-order valence-electron chi connectivity index (χ1n) is 4.66. The fourth-order valence-corrected chi connectivity index (χ4v) is 1.60. The van der Waals surface area contributed by atoms with Gasteiger partial charge >= 0.3 is 6.18 Å². The number of hydrogen-bond acceptors (Lipinski definition) is 3. The summed E-state index contributed by atoms with van der Waals surface area (Å²) in [7, 11) is 1.86. The average Bonchev–Trinajstić information content (AvgIpc) is 2.41. The summed E-state index contributed by atoms with van der Waals surface area (Å²) < 4.78 is 38.3. The largest absolute Gasteiger partial charge is 0.453 e. The molecule has 2 rings (SSSR count). The molecule has 0 amide bonds. The number of hydrogen-bond donors (Lipinski definition) is 0.